The third-order valence-electron chi connectivity index (χ3n) is 5.45. The normalized spacial score (nSPS) is 18.0. The summed E-state index contributed by atoms with van der Waals surface area (Å²) in [6, 6.07) is 18.1. The highest BCUT2D eigenvalue weighted by Gasteiger charge is 2.51. The number of para-hydroxylation sites is 1. The van der Waals surface area contributed by atoms with Crippen molar-refractivity contribution in [3.05, 3.63) is 77.3 Å². The number of nitrogens with zero attached hydrogens (tertiary/aromatic N) is 3. The molecule has 3 aromatic rings. The molecule has 1 aliphatic rings. The largest absolute Gasteiger partial charge is 0.325 e. The zero-order valence-corrected chi connectivity index (χ0v) is 18.8. The number of aromatic nitrogens is 1. The highest BCUT2D eigenvalue weighted by molar-refractivity contribution is 7.14. The number of carbonyl (C=O) groups is 3. The molecule has 0 aliphatic carbocycles. The zero-order valence-electron chi connectivity index (χ0n) is 17.9. The fraction of sp³-hybridized carbons (Fsp3) is 0.250. The molecule has 7 nitrogen and oxygen atoms in total. The second-order valence-electron chi connectivity index (χ2n) is 7.65. The lowest BCUT2D eigenvalue weighted by atomic mass is 9.85. The summed E-state index contributed by atoms with van der Waals surface area (Å²) >= 11 is 1.30. The van der Waals surface area contributed by atoms with Crippen LogP contribution in [0.3, 0.4) is 0 Å². The van der Waals surface area contributed by atoms with E-state index in [-0.39, 0.29) is 18.4 Å². The molecule has 4 rings (SSSR count). The van der Waals surface area contributed by atoms with Crippen molar-refractivity contribution in [2.45, 2.75) is 38.8 Å². The first-order chi connectivity index (χ1) is 15.5. The van der Waals surface area contributed by atoms with E-state index in [1.807, 2.05) is 67.6 Å². The number of anilines is 2. The number of nitrogens with one attached hydrogen (secondary N) is 1. The summed E-state index contributed by atoms with van der Waals surface area (Å²) in [5.41, 5.74) is 0.966. The summed E-state index contributed by atoms with van der Waals surface area (Å²) in [7, 11) is 0. The topological polar surface area (TPSA) is 82.6 Å². The van der Waals surface area contributed by atoms with E-state index in [0.717, 1.165) is 12.0 Å². The Morgan fingerprint density at radius 1 is 1.09 bits per heavy atom. The van der Waals surface area contributed by atoms with Gasteiger partial charge < -0.3 is 5.32 Å². The Kier molecular flexibility index (Phi) is 6.05. The Morgan fingerprint density at radius 3 is 2.38 bits per heavy atom. The number of rotatable bonds is 7. The van der Waals surface area contributed by atoms with Gasteiger partial charge in [-0.2, -0.15) is 0 Å². The van der Waals surface area contributed by atoms with E-state index in [9.17, 15) is 14.4 Å². The van der Waals surface area contributed by atoms with Crippen LogP contribution in [0, 0.1) is 0 Å². The molecular formula is C24H24N4O3S. The first-order valence-corrected chi connectivity index (χ1v) is 11.3. The number of hydrogen-bond acceptors (Lipinski definition) is 5. The summed E-state index contributed by atoms with van der Waals surface area (Å²) in [6.45, 7) is 3.50. The van der Waals surface area contributed by atoms with E-state index < -0.39 is 11.6 Å². The number of imide groups is 1. The number of urea groups is 1. The van der Waals surface area contributed by atoms with Gasteiger partial charge in [0.1, 0.15) is 5.54 Å². The lowest BCUT2D eigenvalue weighted by Crippen LogP contribution is -2.43. The zero-order chi connectivity index (χ0) is 22.7. The van der Waals surface area contributed by atoms with Crippen molar-refractivity contribution in [3.63, 3.8) is 0 Å². The van der Waals surface area contributed by atoms with Crippen molar-refractivity contribution < 1.29 is 14.4 Å². The molecule has 0 saturated carbocycles. The average Bonchev–Trinajstić information content (AvgIpc) is 3.34. The maximum atomic E-state index is 13.5. The van der Waals surface area contributed by atoms with Gasteiger partial charge in [0.15, 0.2) is 5.13 Å². The van der Waals surface area contributed by atoms with Gasteiger partial charge in [-0.05, 0) is 24.1 Å². The molecule has 1 aliphatic heterocycles. The molecule has 1 unspecified atom stereocenters. The third kappa shape index (κ3) is 3.89. The van der Waals surface area contributed by atoms with Gasteiger partial charge in [-0.25, -0.2) is 9.78 Å². The first kappa shape index (κ1) is 21.7. The summed E-state index contributed by atoms with van der Waals surface area (Å²) < 4.78 is 0. The van der Waals surface area contributed by atoms with Gasteiger partial charge in [-0.15, -0.1) is 11.3 Å². The van der Waals surface area contributed by atoms with Crippen LogP contribution in [0.5, 0.6) is 0 Å². The van der Waals surface area contributed by atoms with Crippen molar-refractivity contribution in [1.29, 1.82) is 0 Å². The second-order valence-corrected chi connectivity index (χ2v) is 8.49. The standard InChI is InChI=1S/C24H24N4O3S/c1-3-14-24(18-10-6-4-7-11-18)21(30)27(22(31)26-24)15-19-16-32-23(25-19)28(17(2)29)20-12-8-5-9-13-20/h4-13,16H,3,14-15H2,1-2H3,(H,26,31). The van der Waals surface area contributed by atoms with Crippen molar-refractivity contribution in [3.8, 4) is 0 Å². The summed E-state index contributed by atoms with van der Waals surface area (Å²) in [5, 5.41) is 5.20. The van der Waals surface area contributed by atoms with Crippen LogP contribution in [0.25, 0.3) is 0 Å². The lowest BCUT2D eigenvalue weighted by molar-refractivity contribution is -0.132. The predicted octanol–water partition coefficient (Wildman–Crippen LogP) is 4.58. The quantitative estimate of drug-likeness (QED) is 0.537. The SMILES string of the molecule is CCCC1(c2ccccc2)NC(=O)N(Cc2csc(N(C(C)=O)c3ccccc3)n2)C1=O. The van der Waals surface area contributed by atoms with Crippen molar-refractivity contribution in [1.82, 2.24) is 15.2 Å². The predicted molar refractivity (Wildman–Crippen MR) is 123 cm³/mol. The highest BCUT2D eigenvalue weighted by Crippen LogP contribution is 2.35. The smallest absolute Gasteiger partial charge is 0.319 e. The fourth-order valence-corrected chi connectivity index (χ4v) is 4.89. The van der Waals surface area contributed by atoms with Gasteiger partial charge in [0.05, 0.1) is 17.9 Å². The molecule has 0 bridgehead atoms. The van der Waals surface area contributed by atoms with Crippen LogP contribution in [-0.2, 0) is 21.7 Å². The van der Waals surface area contributed by atoms with E-state index in [0.29, 0.717) is 22.9 Å². The van der Waals surface area contributed by atoms with Gasteiger partial charge >= 0.3 is 6.03 Å². The minimum absolute atomic E-state index is 0.0417. The van der Waals surface area contributed by atoms with Crippen LogP contribution in [0.15, 0.2) is 66.0 Å². The Bertz CT molecular complexity index is 1130. The molecule has 1 N–H and O–H groups in total. The van der Waals surface area contributed by atoms with E-state index in [1.165, 1.54) is 28.1 Å². The molecule has 2 aromatic carbocycles. The number of benzene rings is 2. The minimum atomic E-state index is -1.07. The third-order valence-corrected chi connectivity index (χ3v) is 6.32. The van der Waals surface area contributed by atoms with Crippen molar-refractivity contribution >= 4 is 40.0 Å². The first-order valence-electron chi connectivity index (χ1n) is 10.5. The molecule has 0 spiro atoms. The van der Waals surface area contributed by atoms with E-state index >= 15 is 0 Å². The molecule has 1 aromatic heterocycles. The van der Waals surface area contributed by atoms with Gasteiger partial charge in [0.2, 0.25) is 5.91 Å². The van der Waals surface area contributed by atoms with Gasteiger partial charge in [0, 0.05) is 12.3 Å². The van der Waals surface area contributed by atoms with E-state index in [2.05, 4.69) is 10.3 Å². The number of amides is 4. The second kappa shape index (κ2) is 8.92. The highest BCUT2D eigenvalue weighted by atomic mass is 32.1. The summed E-state index contributed by atoms with van der Waals surface area (Å²) in [5.74, 6) is -0.449. The lowest BCUT2D eigenvalue weighted by Gasteiger charge is -2.26. The van der Waals surface area contributed by atoms with Crippen LogP contribution < -0.4 is 10.2 Å². The molecule has 1 atom stereocenters. The Morgan fingerprint density at radius 2 is 1.75 bits per heavy atom. The number of hydrogen-bond donors (Lipinski definition) is 1. The van der Waals surface area contributed by atoms with Gasteiger partial charge in [-0.3, -0.25) is 19.4 Å². The maximum Gasteiger partial charge on any atom is 0.325 e. The summed E-state index contributed by atoms with van der Waals surface area (Å²) in [4.78, 5) is 45.9. The monoisotopic (exact) mass is 448 g/mol. The van der Waals surface area contributed by atoms with Gasteiger partial charge in [0.25, 0.3) is 5.91 Å². The van der Waals surface area contributed by atoms with Crippen molar-refractivity contribution in [2.24, 2.45) is 0 Å². The van der Waals surface area contributed by atoms with Gasteiger partial charge in [-0.1, -0.05) is 61.9 Å². The molecule has 2 heterocycles. The Balaban J connectivity index is 1.60. The van der Waals surface area contributed by atoms with Crippen molar-refractivity contribution in [2.75, 3.05) is 4.90 Å². The molecule has 32 heavy (non-hydrogen) atoms. The van der Waals surface area contributed by atoms with Crippen LogP contribution >= 0.6 is 11.3 Å². The molecule has 1 fully saturated rings. The molecule has 164 valence electrons. The molecule has 4 amide bonds. The fourth-order valence-electron chi connectivity index (χ4n) is 4.01. The molecular weight excluding hydrogens is 424 g/mol. The number of carbonyl (C=O) groups excluding carboxylic acids is 3. The Labute approximate surface area is 190 Å². The Hall–Kier alpha value is -3.52. The van der Waals surface area contributed by atoms with Crippen LogP contribution in [-0.4, -0.2) is 27.7 Å². The maximum absolute atomic E-state index is 13.5. The number of thiazole rings is 1. The minimum Gasteiger partial charge on any atom is -0.319 e. The van der Waals surface area contributed by atoms with Crippen LogP contribution in [0.4, 0.5) is 15.6 Å². The molecule has 8 heteroatoms. The summed E-state index contributed by atoms with van der Waals surface area (Å²) in [6.07, 6.45) is 1.24. The average molecular weight is 449 g/mol. The van der Waals surface area contributed by atoms with E-state index in [1.54, 1.807) is 5.38 Å². The van der Waals surface area contributed by atoms with Crippen LogP contribution in [0.2, 0.25) is 0 Å². The van der Waals surface area contributed by atoms with E-state index in [4.69, 9.17) is 0 Å². The van der Waals surface area contributed by atoms with Crippen LogP contribution in [0.1, 0.15) is 37.9 Å². The molecule has 0 radical (unpaired) electrons. The molecule has 1 saturated heterocycles.